The van der Waals surface area contributed by atoms with Crippen molar-refractivity contribution in [2.45, 2.75) is 19.6 Å². The minimum Gasteiger partial charge on any atom is -0.351 e. The van der Waals surface area contributed by atoms with Gasteiger partial charge in [-0.15, -0.1) is 0 Å². The molecule has 130 valence electrons. The fourth-order valence-electron chi connectivity index (χ4n) is 2.61. The van der Waals surface area contributed by atoms with E-state index in [4.69, 9.17) is 0 Å². The van der Waals surface area contributed by atoms with Gasteiger partial charge in [0.1, 0.15) is 11.5 Å². The Kier molecular flexibility index (Phi) is 4.24. The summed E-state index contributed by atoms with van der Waals surface area (Å²) in [5, 5.41) is 3.27. The smallest absolute Gasteiger partial charge is 0.351 e. The number of aryl methyl sites for hydroxylation is 1. The maximum atomic E-state index is 13.1. The first-order valence-electron chi connectivity index (χ1n) is 7.47. The highest BCUT2D eigenvalue weighted by atomic mass is 19.4. The summed E-state index contributed by atoms with van der Waals surface area (Å²) in [6, 6.07) is 9.61. The van der Waals surface area contributed by atoms with E-state index in [1.165, 1.54) is 0 Å². The average Bonchev–Trinajstić information content (AvgIpc) is 2.95. The zero-order chi connectivity index (χ0) is 18.2. The number of carbonyl (C=O) groups excluding carboxylic acids is 1. The van der Waals surface area contributed by atoms with Crippen molar-refractivity contribution < 1.29 is 22.4 Å². The summed E-state index contributed by atoms with van der Waals surface area (Å²) >= 11 is 0. The lowest BCUT2D eigenvalue weighted by atomic mass is 10.1. The first-order chi connectivity index (χ1) is 11.7. The second-order valence-electron chi connectivity index (χ2n) is 5.76. The van der Waals surface area contributed by atoms with Crippen LogP contribution in [0.25, 0.3) is 10.9 Å². The van der Waals surface area contributed by atoms with Gasteiger partial charge in [0.2, 0.25) is 0 Å². The fourth-order valence-corrected chi connectivity index (χ4v) is 2.61. The van der Waals surface area contributed by atoms with Crippen LogP contribution in [0.1, 0.15) is 27.2 Å². The predicted molar refractivity (Wildman–Crippen MR) is 85.6 cm³/mol. The average molecular weight is 350 g/mol. The van der Waals surface area contributed by atoms with Gasteiger partial charge >= 0.3 is 6.18 Å². The Morgan fingerprint density at radius 3 is 2.60 bits per heavy atom. The topological polar surface area (TPSA) is 44.9 Å². The Morgan fingerprint density at radius 1 is 1.12 bits per heavy atom. The second-order valence-corrected chi connectivity index (χ2v) is 5.76. The number of halogens is 4. The van der Waals surface area contributed by atoms with Crippen molar-refractivity contribution in [2.24, 2.45) is 0 Å². The minimum absolute atomic E-state index is 0.200. The van der Waals surface area contributed by atoms with Gasteiger partial charge in [-0.2, -0.15) is 13.2 Å². The Bertz CT molecular complexity index is 944. The van der Waals surface area contributed by atoms with E-state index in [1.54, 1.807) is 6.07 Å². The molecule has 0 saturated heterocycles. The molecule has 0 radical (unpaired) electrons. The summed E-state index contributed by atoms with van der Waals surface area (Å²) in [5.41, 5.74) is 0.735. The maximum absolute atomic E-state index is 13.1. The monoisotopic (exact) mass is 350 g/mol. The maximum Gasteiger partial charge on any atom is 0.416 e. The molecule has 3 nitrogen and oxygen atoms in total. The number of fused-ring (bicyclic) bond motifs is 1. The molecule has 0 aliphatic carbocycles. The standard InChI is InChI=1S/C18H14F4N2O/c1-10-2-5-15-12(6-10)7-16(24-15)17(25)23-9-11-3-4-13(19)8-14(11)18(20,21)22/h2-8,24H,9H2,1H3,(H,23,25). The Labute approximate surface area is 140 Å². The number of hydrogen-bond acceptors (Lipinski definition) is 1. The number of nitrogens with one attached hydrogen (secondary N) is 2. The summed E-state index contributed by atoms with van der Waals surface area (Å²) in [6.07, 6.45) is -4.69. The van der Waals surface area contributed by atoms with Gasteiger partial charge in [0.15, 0.2) is 0 Å². The number of alkyl halides is 3. The van der Waals surface area contributed by atoms with Crippen molar-refractivity contribution in [3.8, 4) is 0 Å². The number of aromatic amines is 1. The minimum atomic E-state index is -4.69. The summed E-state index contributed by atoms with van der Waals surface area (Å²) < 4.78 is 52.0. The van der Waals surface area contributed by atoms with Crippen LogP contribution in [0, 0.1) is 12.7 Å². The number of rotatable bonds is 3. The molecule has 0 unspecified atom stereocenters. The third-order valence-corrected chi connectivity index (χ3v) is 3.84. The fraction of sp³-hybridized carbons (Fsp3) is 0.167. The van der Waals surface area contributed by atoms with E-state index in [2.05, 4.69) is 10.3 Å². The van der Waals surface area contributed by atoms with Crippen LogP contribution in [0.15, 0.2) is 42.5 Å². The zero-order valence-corrected chi connectivity index (χ0v) is 13.2. The molecule has 2 N–H and O–H groups in total. The highest BCUT2D eigenvalue weighted by Crippen LogP contribution is 2.32. The van der Waals surface area contributed by atoms with Crippen LogP contribution < -0.4 is 5.32 Å². The van der Waals surface area contributed by atoms with E-state index < -0.39 is 23.5 Å². The van der Waals surface area contributed by atoms with Gasteiger partial charge in [0.05, 0.1) is 5.56 Å². The number of hydrogen-bond donors (Lipinski definition) is 2. The largest absolute Gasteiger partial charge is 0.416 e. The van der Waals surface area contributed by atoms with Crippen molar-refractivity contribution >= 4 is 16.8 Å². The van der Waals surface area contributed by atoms with E-state index in [0.29, 0.717) is 6.07 Å². The third-order valence-electron chi connectivity index (χ3n) is 3.84. The molecule has 1 aromatic heterocycles. The lowest BCUT2D eigenvalue weighted by Gasteiger charge is -2.13. The lowest BCUT2D eigenvalue weighted by molar-refractivity contribution is -0.138. The molecule has 0 saturated carbocycles. The molecule has 7 heteroatoms. The van der Waals surface area contributed by atoms with Crippen LogP contribution in [0.5, 0.6) is 0 Å². The normalized spacial score (nSPS) is 11.7. The number of aromatic nitrogens is 1. The molecule has 1 heterocycles. The summed E-state index contributed by atoms with van der Waals surface area (Å²) in [5.74, 6) is -1.51. The molecule has 0 atom stereocenters. The molecule has 3 aromatic rings. The first-order valence-corrected chi connectivity index (χ1v) is 7.47. The van der Waals surface area contributed by atoms with Crippen molar-refractivity contribution in [3.05, 3.63) is 70.7 Å². The molecule has 1 amide bonds. The van der Waals surface area contributed by atoms with Crippen molar-refractivity contribution in [2.75, 3.05) is 0 Å². The van der Waals surface area contributed by atoms with Crippen LogP contribution in [0.3, 0.4) is 0 Å². The molecule has 0 bridgehead atoms. The molecular weight excluding hydrogens is 336 g/mol. The molecular formula is C18H14F4N2O. The summed E-state index contributed by atoms with van der Waals surface area (Å²) in [6.45, 7) is 1.56. The van der Waals surface area contributed by atoms with E-state index in [9.17, 15) is 22.4 Å². The molecule has 0 fully saturated rings. The van der Waals surface area contributed by atoms with Crippen LogP contribution in [0.2, 0.25) is 0 Å². The lowest BCUT2D eigenvalue weighted by Crippen LogP contribution is -2.24. The van der Waals surface area contributed by atoms with E-state index >= 15 is 0 Å². The van der Waals surface area contributed by atoms with Crippen molar-refractivity contribution in [3.63, 3.8) is 0 Å². The van der Waals surface area contributed by atoms with Gasteiger partial charge in [0, 0.05) is 17.4 Å². The van der Waals surface area contributed by atoms with E-state index in [-0.39, 0.29) is 17.8 Å². The predicted octanol–water partition coefficient (Wildman–Crippen LogP) is 4.56. The van der Waals surface area contributed by atoms with Crippen molar-refractivity contribution in [1.29, 1.82) is 0 Å². The summed E-state index contributed by atoms with van der Waals surface area (Å²) in [4.78, 5) is 15.1. The zero-order valence-electron chi connectivity index (χ0n) is 13.2. The van der Waals surface area contributed by atoms with Gasteiger partial charge in [-0.05, 0) is 42.8 Å². The van der Waals surface area contributed by atoms with Gasteiger partial charge in [-0.1, -0.05) is 17.7 Å². The van der Waals surface area contributed by atoms with Gasteiger partial charge in [-0.25, -0.2) is 4.39 Å². The van der Waals surface area contributed by atoms with Gasteiger partial charge in [-0.3, -0.25) is 4.79 Å². The SMILES string of the molecule is Cc1ccc2[nH]c(C(=O)NCc3ccc(F)cc3C(F)(F)F)cc2c1. The van der Waals surface area contributed by atoms with Crippen LogP contribution in [0.4, 0.5) is 17.6 Å². The van der Waals surface area contributed by atoms with Crippen LogP contribution >= 0.6 is 0 Å². The summed E-state index contributed by atoms with van der Waals surface area (Å²) in [7, 11) is 0. The Morgan fingerprint density at radius 2 is 1.88 bits per heavy atom. The first kappa shape index (κ1) is 17.0. The molecule has 2 aromatic carbocycles. The second kappa shape index (κ2) is 6.23. The van der Waals surface area contributed by atoms with Gasteiger partial charge < -0.3 is 10.3 Å². The Balaban J connectivity index is 1.80. The van der Waals surface area contributed by atoms with Crippen LogP contribution in [-0.4, -0.2) is 10.9 Å². The number of H-pyrrole nitrogens is 1. The Hall–Kier alpha value is -2.83. The quantitative estimate of drug-likeness (QED) is 0.668. The number of amides is 1. The van der Waals surface area contributed by atoms with Crippen molar-refractivity contribution in [1.82, 2.24) is 10.3 Å². The molecule has 0 aliphatic heterocycles. The molecule has 0 aliphatic rings. The molecule has 0 spiro atoms. The highest BCUT2D eigenvalue weighted by Gasteiger charge is 2.33. The van der Waals surface area contributed by atoms with E-state index in [0.717, 1.165) is 28.6 Å². The number of carbonyl (C=O) groups is 1. The number of benzene rings is 2. The van der Waals surface area contributed by atoms with Crippen LogP contribution in [-0.2, 0) is 12.7 Å². The highest BCUT2D eigenvalue weighted by molar-refractivity contribution is 5.98. The molecule has 25 heavy (non-hydrogen) atoms. The molecule has 3 rings (SSSR count). The van der Waals surface area contributed by atoms with E-state index in [1.807, 2.05) is 25.1 Å². The van der Waals surface area contributed by atoms with Gasteiger partial charge in [0.25, 0.3) is 5.91 Å². The third kappa shape index (κ3) is 3.65.